The van der Waals surface area contributed by atoms with Gasteiger partial charge in [-0.15, -0.1) is 0 Å². The summed E-state index contributed by atoms with van der Waals surface area (Å²) < 4.78 is 38.4. The van der Waals surface area contributed by atoms with E-state index in [-0.39, 0.29) is 0 Å². The third kappa shape index (κ3) is 5.63. The Kier molecular flexibility index (Phi) is 8.58. The minimum Gasteiger partial charge on any atom is -0.385 e. The molecule has 1 fully saturated rings. The minimum absolute atomic E-state index is 0.381. The second kappa shape index (κ2) is 9.64. The predicted molar refractivity (Wildman–Crippen MR) is 77.9 cm³/mol. The Morgan fingerprint density at radius 1 is 1.10 bits per heavy atom. The van der Waals surface area contributed by atoms with Gasteiger partial charge in [0.2, 0.25) is 0 Å². The number of rotatable bonds is 9. The second-order valence-corrected chi connectivity index (χ2v) is 6.68. The zero-order valence-electron chi connectivity index (χ0n) is 12.5. The van der Waals surface area contributed by atoms with Crippen molar-refractivity contribution in [1.82, 2.24) is 13.9 Å². The molecule has 0 radical (unpaired) electrons. The molecule has 20 heavy (non-hydrogen) atoms. The molecule has 0 unspecified atom stereocenters. The lowest BCUT2D eigenvalue weighted by atomic mass is 10.4. The maximum Gasteiger partial charge on any atom is 0.282 e. The molecule has 7 nitrogen and oxygen atoms in total. The first-order valence-corrected chi connectivity index (χ1v) is 8.46. The van der Waals surface area contributed by atoms with Gasteiger partial charge in [0, 0.05) is 53.6 Å². The third-order valence-corrected chi connectivity index (χ3v) is 5.29. The van der Waals surface area contributed by atoms with Crippen molar-refractivity contribution in [3.8, 4) is 0 Å². The van der Waals surface area contributed by atoms with Crippen LogP contribution in [0.2, 0.25) is 0 Å². The SMILES string of the molecule is COCCCN(CCOC)S(=O)(=O)N1CCCNCC1. The lowest BCUT2D eigenvalue weighted by Crippen LogP contribution is -2.46. The maximum absolute atomic E-state index is 12.7. The van der Waals surface area contributed by atoms with Crippen molar-refractivity contribution in [2.75, 3.05) is 66.7 Å². The number of nitrogens with zero attached hydrogens (tertiary/aromatic N) is 2. The monoisotopic (exact) mass is 309 g/mol. The van der Waals surface area contributed by atoms with Gasteiger partial charge < -0.3 is 14.8 Å². The Balaban J connectivity index is 2.68. The molecule has 120 valence electrons. The Morgan fingerprint density at radius 3 is 2.55 bits per heavy atom. The van der Waals surface area contributed by atoms with Gasteiger partial charge in [-0.05, 0) is 19.4 Å². The van der Waals surface area contributed by atoms with Crippen LogP contribution in [0.5, 0.6) is 0 Å². The van der Waals surface area contributed by atoms with Crippen LogP contribution >= 0.6 is 0 Å². The number of ether oxygens (including phenoxy) is 2. The summed E-state index contributed by atoms with van der Waals surface area (Å²) in [4.78, 5) is 0. The molecule has 1 heterocycles. The molecule has 1 aliphatic heterocycles. The Labute approximate surface area is 122 Å². The van der Waals surface area contributed by atoms with Crippen LogP contribution in [0.15, 0.2) is 0 Å². The molecule has 1 N–H and O–H groups in total. The zero-order chi connectivity index (χ0) is 14.8. The van der Waals surface area contributed by atoms with Gasteiger partial charge >= 0.3 is 0 Å². The van der Waals surface area contributed by atoms with E-state index in [0.717, 1.165) is 13.0 Å². The fourth-order valence-electron chi connectivity index (χ4n) is 2.14. The van der Waals surface area contributed by atoms with Gasteiger partial charge in [-0.3, -0.25) is 0 Å². The Hall–Kier alpha value is -0.250. The highest BCUT2D eigenvalue weighted by Crippen LogP contribution is 2.11. The first kappa shape index (κ1) is 17.8. The number of methoxy groups -OCH3 is 2. The van der Waals surface area contributed by atoms with E-state index in [2.05, 4.69) is 5.32 Å². The number of nitrogens with one attached hydrogen (secondary N) is 1. The summed E-state index contributed by atoms with van der Waals surface area (Å²) in [6.45, 7) is 4.47. The largest absolute Gasteiger partial charge is 0.385 e. The summed E-state index contributed by atoms with van der Waals surface area (Å²) in [6.07, 6.45) is 1.53. The van der Waals surface area contributed by atoms with Gasteiger partial charge in [-0.25, -0.2) is 0 Å². The standard InChI is InChI=1S/C12H27N3O4S/c1-18-11-4-8-15(10-12-19-2)20(16,17)14-7-3-5-13-6-9-14/h13H,3-12H2,1-2H3. The third-order valence-electron chi connectivity index (χ3n) is 3.25. The molecule has 0 bridgehead atoms. The molecule has 1 rings (SSSR count). The van der Waals surface area contributed by atoms with E-state index in [0.29, 0.717) is 52.4 Å². The summed E-state index contributed by atoms with van der Waals surface area (Å²) in [5.74, 6) is 0. The fraction of sp³-hybridized carbons (Fsp3) is 1.00. The second-order valence-electron chi connectivity index (χ2n) is 4.75. The molecular weight excluding hydrogens is 282 g/mol. The lowest BCUT2D eigenvalue weighted by molar-refractivity contribution is 0.161. The van der Waals surface area contributed by atoms with E-state index >= 15 is 0 Å². The van der Waals surface area contributed by atoms with Crippen LogP contribution in [-0.4, -0.2) is 83.7 Å². The molecule has 0 aromatic carbocycles. The topological polar surface area (TPSA) is 71.1 Å². The van der Waals surface area contributed by atoms with Crippen LogP contribution in [0.3, 0.4) is 0 Å². The van der Waals surface area contributed by atoms with E-state index in [9.17, 15) is 8.42 Å². The maximum atomic E-state index is 12.7. The summed E-state index contributed by atoms with van der Waals surface area (Å²) in [5.41, 5.74) is 0. The van der Waals surface area contributed by atoms with E-state index in [1.807, 2.05) is 0 Å². The van der Waals surface area contributed by atoms with Crippen LogP contribution in [0.4, 0.5) is 0 Å². The molecule has 8 heteroatoms. The number of hydrogen-bond donors (Lipinski definition) is 1. The minimum atomic E-state index is -3.41. The van der Waals surface area contributed by atoms with Crippen LogP contribution in [0.25, 0.3) is 0 Å². The van der Waals surface area contributed by atoms with Crippen LogP contribution in [0.1, 0.15) is 12.8 Å². The highest BCUT2D eigenvalue weighted by molar-refractivity contribution is 7.86. The van der Waals surface area contributed by atoms with Crippen molar-refractivity contribution in [1.29, 1.82) is 0 Å². The summed E-state index contributed by atoms with van der Waals surface area (Å²) in [5, 5.41) is 3.21. The number of hydrogen-bond acceptors (Lipinski definition) is 5. The van der Waals surface area contributed by atoms with Crippen molar-refractivity contribution in [3.05, 3.63) is 0 Å². The molecule has 0 aromatic rings. The summed E-state index contributed by atoms with van der Waals surface area (Å²) in [6, 6.07) is 0. The lowest BCUT2D eigenvalue weighted by Gasteiger charge is -2.28. The van der Waals surface area contributed by atoms with E-state index in [1.165, 1.54) is 4.31 Å². The smallest absolute Gasteiger partial charge is 0.282 e. The molecule has 1 aliphatic rings. The van der Waals surface area contributed by atoms with Crippen molar-refractivity contribution in [2.45, 2.75) is 12.8 Å². The fourth-order valence-corrected chi connectivity index (χ4v) is 3.81. The van der Waals surface area contributed by atoms with Crippen molar-refractivity contribution >= 4 is 10.2 Å². The van der Waals surface area contributed by atoms with Gasteiger partial charge in [0.05, 0.1) is 6.61 Å². The van der Waals surface area contributed by atoms with Gasteiger partial charge in [-0.2, -0.15) is 17.0 Å². The van der Waals surface area contributed by atoms with E-state index < -0.39 is 10.2 Å². The first-order valence-electron chi connectivity index (χ1n) is 7.06. The predicted octanol–water partition coefficient (Wildman–Crippen LogP) is -0.489. The highest BCUT2D eigenvalue weighted by atomic mass is 32.2. The van der Waals surface area contributed by atoms with E-state index in [1.54, 1.807) is 18.5 Å². The van der Waals surface area contributed by atoms with Gasteiger partial charge in [0.25, 0.3) is 10.2 Å². The van der Waals surface area contributed by atoms with Gasteiger partial charge in [-0.1, -0.05) is 0 Å². The van der Waals surface area contributed by atoms with Crippen LogP contribution in [0, 0.1) is 0 Å². The molecule has 0 saturated carbocycles. The van der Waals surface area contributed by atoms with E-state index in [4.69, 9.17) is 9.47 Å². The Morgan fingerprint density at radius 2 is 1.85 bits per heavy atom. The molecule has 0 spiro atoms. The van der Waals surface area contributed by atoms with Crippen molar-refractivity contribution in [2.24, 2.45) is 0 Å². The summed E-state index contributed by atoms with van der Waals surface area (Å²) in [7, 11) is -0.210. The molecule has 0 amide bonds. The average molecular weight is 309 g/mol. The zero-order valence-corrected chi connectivity index (χ0v) is 13.3. The molecular formula is C12H27N3O4S. The van der Waals surface area contributed by atoms with Crippen molar-refractivity contribution < 1.29 is 17.9 Å². The quantitative estimate of drug-likeness (QED) is 0.582. The Bertz CT molecular complexity index is 343. The molecule has 1 saturated heterocycles. The highest BCUT2D eigenvalue weighted by Gasteiger charge is 2.29. The molecule has 0 aliphatic carbocycles. The van der Waals surface area contributed by atoms with Crippen LogP contribution in [-0.2, 0) is 19.7 Å². The average Bonchev–Trinajstić information content (AvgIpc) is 2.72. The van der Waals surface area contributed by atoms with Gasteiger partial charge in [0.15, 0.2) is 0 Å². The van der Waals surface area contributed by atoms with Crippen LogP contribution < -0.4 is 5.32 Å². The molecule has 0 atom stereocenters. The molecule has 0 aromatic heterocycles. The van der Waals surface area contributed by atoms with Crippen molar-refractivity contribution in [3.63, 3.8) is 0 Å². The summed E-state index contributed by atoms with van der Waals surface area (Å²) >= 11 is 0. The van der Waals surface area contributed by atoms with Gasteiger partial charge in [0.1, 0.15) is 0 Å². The normalized spacial score (nSPS) is 18.4. The first-order chi connectivity index (χ1) is 9.62.